The van der Waals surface area contributed by atoms with Crippen LogP contribution in [0, 0.1) is 11.3 Å². The number of ether oxygens (including phenoxy) is 2. The third-order valence-corrected chi connectivity index (χ3v) is 10.3. The topological polar surface area (TPSA) is 181 Å². The zero-order valence-electron chi connectivity index (χ0n) is 27.0. The van der Waals surface area contributed by atoms with Crippen LogP contribution >= 0.6 is 0 Å². The Morgan fingerprint density at radius 1 is 1.02 bits per heavy atom. The van der Waals surface area contributed by atoms with Gasteiger partial charge in [0.05, 0.1) is 11.8 Å². The van der Waals surface area contributed by atoms with Crippen molar-refractivity contribution in [2.24, 2.45) is 11.3 Å². The van der Waals surface area contributed by atoms with Gasteiger partial charge in [-0.1, -0.05) is 26.8 Å². The van der Waals surface area contributed by atoms with Crippen LogP contribution in [0.2, 0.25) is 0 Å². The predicted molar refractivity (Wildman–Crippen MR) is 163 cm³/mol. The van der Waals surface area contributed by atoms with E-state index in [1.807, 2.05) is 0 Å². The normalized spacial score (nSPS) is 27.3. The van der Waals surface area contributed by atoms with Crippen molar-refractivity contribution in [1.29, 1.82) is 0 Å². The Kier molecular flexibility index (Phi) is 9.54. The molecule has 45 heavy (non-hydrogen) atoms. The summed E-state index contributed by atoms with van der Waals surface area (Å²) < 4.78 is 38.3. The van der Waals surface area contributed by atoms with Gasteiger partial charge >= 0.3 is 12.2 Å². The number of hydrogen-bond acceptors (Lipinski definition) is 9. The quantitative estimate of drug-likeness (QED) is 0.313. The maximum absolute atomic E-state index is 14.2. The first kappa shape index (κ1) is 34.5. The van der Waals surface area contributed by atoms with Gasteiger partial charge in [0.1, 0.15) is 29.3 Å². The molecule has 0 aromatic heterocycles. The van der Waals surface area contributed by atoms with Gasteiger partial charge < -0.3 is 29.9 Å². The van der Waals surface area contributed by atoms with Gasteiger partial charge in [0.15, 0.2) is 0 Å². The fourth-order valence-electron chi connectivity index (χ4n) is 5.75. The number of amides is 5. The summed E-state index contributed by atoms with van der Waals surface area (Å²) in [6.45, 7) is 15.0. The van der Waals surface area contributed by atoms with E-state index < -0.39 is 85.8 Å². The van der Waals surface area contributed by atoms with Gasteiger partial charge in [0, 0.05) is 25.4 Å². The molecule has 14 nitrogen and oxygen atoms in total. The summed E-state index contributed by atoms with van der Waals surface area (Å²) in [5, 5.41) is 4.71. The van der Waals surface area contributed by atoms with E-state index in [1.54, 1.807) is 46.4 Å². The molecule has 4 fully saturated rings. The third-order valence-electron chi connectivity index (χ3n) is 8.50. The number of carbonyl (C=O) groups excluding carboxylic acids is 5. The molecule has 3 N–H and O–H groups in total. The first-order valence-electron chi connectivity index (χ1n) is 15.5. The molecule has 0 aromatic rings. The number of sulfonamides is 1. The second-order valence-corrected chi connectivity index (χ2v) is 16.5. The SMILES string of the molecule is C=CC1CC1(NC(=O)[C@@H]1C[C@@H](OC(=O)N2CCCC2)CN1C(=O)[C@@H](NC(=O)OC(C)(C)C)C(C)(C)C)C(=O)NS(=O)(=O)C1CC1. The molecule has 2 aliphatic heterocycles. The number of alkyl carbamates (subject to hydrolysis) is 1. The van der Waals surface area contributed by atoms with E-state index in [0.29, 0.717) is 25.9 Å². The van der Waals surface area contributed by atoms with Crippen LogP contribution < -0.4 is 15.4 Å². The van der Waals surface area contributed by atoms with Gasteiger partial charge in [-0.25, -0.2) is 18.0 Å². The average Bonchev–Trinajstić information content (AvgIpc) is 3.78. The summed E-state index contributed by atoms with van der Waals surface area (Å²) in [5.41, 5.74) is -3.20. The zero-order valence-corrected chi connectivity index (χ0v) is 27.8. The van der Waals surface area contributed by atoms with Crippen LogP contribution in [0.15, 0.2) is 12.7 Å². The molecule has 5 atom stereocenters. The van der Waals surface area contributed by atoms with Crippen molar-refractivity contribution in [2.45, 2.75) is 115 Å². The molecule has 4 aliphatic rings. The van der Waals surface area contributed by atoms with Gasteiger partial charge in [-0.15, -0.1) is 6.58 Å². The van der Waals surface area contributed by atoms with E-state index in [-0.39, 0.29) is 19.4 Å². The number of likely N-dealkylation sites (tertiary alicyclic amines) is 2. The van der Waals surface area contributed by atoms with Crippen molar-refractivity contribution < 1.29 is 41.9 Å². The molecular formula is C30H47N5O9S. The standard InChI is InChI=1S/C30H47N5O9S/c1-8-18-16-30(18,25(38)33-45(41,42)20-11-12-20)32-23(36)21-15-19(43-27(40)34-13-9-10-14-34)17-35(21)24(37)22(28(2,3)4)31-26(39)44-29(5,6)7/h8,18-22H,1,9-17H2,2-7H3,(H,31,39)(H,32,36)(H,33,38)/t18?,19-,21+,22-,30?/m1/s1. The first-order chi connectivity index (χ1) is 20.8. The second-order valence-electron chi connectivity index (χ2n) is 14.6. The maximum atomic E-state index is 14.2. The molecule has 0 aromatic carbocycles. The van der Waals surface area contributed by atoms with Gasteiger partial charge in [-0.05, 0) is 58.3 Å². The van der Waals surface area contributed by atoms with Crippen LogP contribution in [-0.4, -0.2) is 102 Å². The summed E-state index contributed by atoms with van der Waals surface area (Å²) in [6, 6.07) is -2.31. The van der Waals surface area contributed by atoms with E-state index >= 15 is 0 Å². The largest absolute Gasteiger partial charge is 0.444 e. The van der Waals surface area contributed by atoms with Gasteiger partial charge in [-0.3, -0.25) is 19.1 Å². The number of carbonyl (C=O) groups is 5. The summed E-state index contributed by atoms with van der Waals surface area (Å²) >= 11 is 0. The van der Waals surface area contributed by atoms with Crippen molar-refractivity contribution in [2.75, 3.05) is 19.6 Å². The zero-order chi connectivity index (χ0) is 33.5. The molecule has 2 unspecified atom stereocenters. The highest BCUT2D eigenvalue weighted by molar-refractivity contribution is 7.91. The molecule has 15 heteroatoms. The molecule has 252 valence electrons. The van der Waals surface area contributed by atoms with Crippen LogP contribution in [-0.2, 0) is 33.9 Å². The van der Waals surface area contributed by atoms with E-state index in [0.717, 1.165) is 12.8 Å². The predicted octanol–water partition coefficient (Wildman–Crippen LogP) is 1.80. The maximum Gasteiger partial charge on any atom is 0.410 e. The Balaban J connectivity index is 1.58. The average molecular weight is 654 g/mol. The number of nitrogens with one attached hydrogen (secondary N) is 3. The Morgan fingerprint density at radius 2 is 1.64 bits per heavy atom. The molecule has 5 amide bonds. The van der Waals surface area contributed by atoms with Crippen molar-refractivity contribution in [3.05, 3.63) is 12.7 Å². The fraction of sp³-hybridized carbons (Fsp3) is 0.767. The van der Waals surface area contributed by atoms with Crippen molar-refractivity contribution >= 4 is 39.9 Å². The molecule has 2 saturated heterocycles. The van der Waals surface area contributed by atoms with E-state index in [2.05, 4.69) is 21.9 Å². The Hall–Kier alpha value is -3.36. The van der Waals surface area contributed by atoms with Crippen molar-refractivity contribution in [3.63, 3.8) is 0 Å². The fourth-order valence-corrected chi connectivity index (χ4v) is 7.11. The molecule has 2 aliphatic carbocycles. The lowest BCUT2D eigenvalue weighted by molar-refractivity contribution is -0.143. The highest BCUT2D eigenvalue weighted by Gasteiger charge is 2.62. The van der Waals surface area contributed by atoms with E-state index in [9.17, 15) is 32.4 Å². The molecule has 2 heterocycles. The Labute approximate surface area is 265 Å². The highest BCUT2D eigenvalue weighted by Crippen LogP contribution is 2.45. The summed E-state index contributed by atoms with van der Waals surface area (Å²) in [5.74, 6) is -2.70. The van der Waals surface area contributed by atoms with Gasteiger partial charge in [0.25, 0.3) is 5.91 Å². The summed E-state index contributed by atoms with van der Waals surface area (Å²) in [7, 11) is -3.89. The van der Waals surface area contributed by atoms with Crippen LogP contribution in [0.5, 0.6) is 0 Å². The number of hydrogen-bond donors (Lipinski definition) is 3. The molecule has 0 bridgehead atoms. The minimum absolute atomic E-state index is 0.0583. The Morgan fingerprint density at radius 3 is 2.16 bits per heavy atom. The summed E-state index contributed by atoms with van der Waals surface area (Å²) in [6.07, 6.45) is 1.97. The molecule has 4 rings (SSSR count). The van der Waals surface area contributed by atoms with Crippen LogP contribution in [0.1, 0.15) is 80.1 Å². The van der Waals surface area contributed by atoms with Crippen LogP contribution in [0.3, 0.4) is 0 Å². The second kappa shape index (κ2) is 12.4. The smallest absolute Gasteiger partial charge is 0.410 e. The lowest BCUT2D eigenvalue weighted by Gasteiger charge is -2.36. The number of nitrogens with zero attached hydrogens (tertiary/aromatic N) is 2. The minimum Gasteiger partial charge on any atom is -0.444 e. The molecule has 0 radical (unpaired) electrons. The molecule has 2 saturated carbocycles. The Bertz CT molecular complexity index is 1330. The lowest BCUT2D eigenvalue weighted by atomic mass is 9.85. The van der Waals surface area contributed by atoms with Crippen molar-refractivity contribution in [1.82, 2.24) is 25.2 Å². The van der Waals surface area contributed by atoms with Crippen LogP contribution in [0.25, 0.3) is 0 Å². The lowest BCUT2D eigenvalue weighted by Crippen LogP contribution is -2.60. The van der Waals surface area contributed by atoms with E-state index in [4.69, 9.17) is 9.47 Å². The van der Waals surface area contributed by atoms with Gasteiger partial charge in [0.2, 0.25) is 21.8 Å². The minimum atomic E-state index is -3.89. The van der Waals surface area contributed by atoms with Crippen LogP contribution in [0.4, 0.5) is 9.59 Å². The third kappa shape index (κ3) is 8.08. The summed E-state index contributed by atoms with van der Waals surface area (Å²) in [4.78, 5) is 69.8. The number of rotatable bonds is 9. The van der Waals surface area contributed by atoms with E-state index in [1.165, 1.54) is 11.0 Å². The molecular weight excluding hydrogens is 606 g/mol. The molecule has 0 spiro atoms. The monoisotopic (exact) mass is 653 g/mol. The van der Waals surface area contributed by atoms with Gasteiger partial charge in [-0.2, -0.15) is 0 Å². The van der Waals surface area contributed by atoms with Crippen molar-refractivity contribution in [3.8, 4) is 0 Å². The first-order valence-corrected chi connectivity index (χ1v) is 17.1. The highest BCUT2D eigenvalue weighted by atomic mass is 32.2.